The molecule has 0 unspecified atom stereocenters. The van der Waals surface area contributed by atoms with Gasteiger partial charge in [-0.3, -0.25) is 4.90 Å². The highest BCUT2D eigenvalue weighted by atomic mass is 16.5. The summed E-state index contributed by atoms with van der Waals surface area (Å²) < 4.78 is 5.39. The summed E-state index contributed by atoms with van der Waals surface area (Å²) in [6.45, 7) is 2.98. The van der Waals surface area contributed by atoms with Crippen LogP contribution in [0.3, 0.4) is 0 Å². The van der Waals surface area contributed by atoms with Gasteiger partial charge in [-0.15, -0.1) is 0 Å². The number of carboxylic acid groups (broad SMARTS) is 1. The van der Waals surface area contributed by atoms with Crippen molar-refractivity contribution in [3.63, 3.8) is 0 Å². The maximum absolute atomic E-state index is 10.3. The first kappa shape index (κ1) is 14.8. The van der Waals surface area contributed by atoms with E-state index >= 15 is 0 Å². The predicted octanol–water partition coefficient (Wildman–Crippen LogP) is 2.12. The van der Waals surface area contributed by atoms with Gasteiger partial charge in [0, 0.05) is 12.5 Å². The molecule has 4 heteroatoms. The van der Waals surface area contributed by atoms with Crippen molar-refractivity contribution in [3.8, 4) is 17.6 Å². The third-order valence-electron chi connectivity index (χ3n) is 2.24. The van der Waals surface area contributed by atoms with E-state index in [2.05, 4.69) is 11.8 Å². The largest absolute Gasteiger partial charge is 0.472 e. The van der Waals surface area contributed by atoms with Crippen molar-refractivity contribution in [1.82, 2.24) is 4.90 Å². The molecule has 0 aromatic heterocycles. The standard InChI is InChI=1S/C15H17NO3/c1-3-10-19-14-7-4-6-13(11-14)12-16(2)9-5-8-15(17)18/h3-4,6-7,10-11H,9,12H2,1-2H3,(H,17,18)/b10-3+. The molecule has 4 nitrogen and oxygen atoms in total. The summed E-state index contributed by atoms with van der Waals surface area (Å²) in [5.41, 5.74) is 1.08. The van der Waals surface area contributed by atoms with Gasteiger partial charge in [0.15, 0.2) is 0 Å². The fourth-order valence-electron chi connectivity index (χ4n) is 1.48. The highest BCUT2D eigenvalue weighted by Gasteiger charge is 2.00. The van der Waals surface area contributed by atoms with Gasteiger partial charge >= 0.3 is 5.97 Å². The molecule has 0 atom stereocenters. The Balaban J connectivity index is 2.57. The Hall–Kier alpha value is -2.25. The molecule has 0 bridgehead atoms. The molecule has 0 saturated carbocycles. The van der Waals surface area contributed by atoms with Gasteiger partial charge in [0.1, 0.15) is 5.75 Å². The molecular weight excluding hydrogens is 242 g/mol. The first-order valence-corrected chi connectivity index (χ1v) is 5.89. The van der Waals surface area contributed by atoms with E-state index in [4.69, 9.17) is 9.84 Å². The monoisotopic (exact) mass is 259 g/mol. The van der Waals surface area contributed by atoms with E-state index in [1.165, 1.54) is 0 Å². The Morgan fingerprint density at radius 2 is 2.32 bits per heavy atom. The van der Waals surface area contributed by atoms with Crippen LogP contribution in [0, 0.1) is 11.8 Å². The van der Waals surface area contributed by atoms with Crippen LogP contribution in [-0.2, 0) is 11.3 Å². The molecule has 0 radical (unpaired) electrons. The number of benzene rings is 1. The SMILES string of the molecule is C/C=C/Oc1cccc(CN(C)CC#CC(=O)O)c1. The van der Waals surface area contributed by atoms with Crippen LogP contribution < -0.4 is 4.74 Å². The van der Waals surface area contributed by atoms with E-state index < -0.39 is 5.97 Å². The zero-order chi connectivity index (χ0) is 14.1. The molecule has 0 aliphatic carbocycles. The molecule has 0 aliphatic rings. The summed E-state index contributed by atoms with van der Waals surface area (Å²) in [4.78, 5) is 12.2. The minimum atomic E-state index is -1.10. The van der Waals surface area contributed by atoms with E-state index in [1.807, 2.05) is 49.2 Å². The molecular formula is C15H17NO3. The number of rotatable bonds is 5. The summed E-state index contributed by atoms with van der Waals surface area (Å²) in [7, 11) is 1.88. The van der Waals surface area contributed by atoms with Crippen LogP contribution in [0.5, 0.6) is 5.75 Å². The number of aliphatic carboxylic acids is 1. The first-order valence-electron chi connectivity index (χ1n) is 5.89. The lowest BCUT2D eigenvalue weighted by Gasteiger charge is -2.13. The van der Waals surface area contributed by atoms with Crippen molar-refractivity contribution in [2.75, 3.05) is 13.6 Å². The summed E-state index contributed by atoms with van der Waals surface area (Å²) in [6, 6.07) is 7.74. The third kappa shape index (κ3) is 6.29. The van der Waals surface area contributed by atoms with Crippen LogP contribution in [0.15, 0.2) is 36.6 Å². The number of allylic oxidation sites excluding steroid dienone is 1. The molecule has 0 saturated heterocycles. The van der Waals surface area contributed by atoms with Crippen LogP contribution in [-0.4, -0.2) is 29.6 Å². The van der Waals surface area contributed by atoms with Gasteiger partial charge in [-0.1, -0.05) is 24.1 Å². The molecule has 19 heavy (non-hydrogen) atoms. The second kappa shape index (κ2) is 7.96. The molecule has 0 aliphatic heterocycles. The Kier molecular flexibility index (Phi) is 6.20. The lowest BCUT2D eigenvalue weighted by atomic mass is 10.2. The number of hydrogen-bond donors (Lipinski definition) is 1. The molecule has 1 N–H and O–H groups in total. The van der Waals surface area contributed by atoms with E-state index in [-0.39, 0.29) is 0 Å². The Morgan fingerprint density at radius 3 is 3.00 bits per heavy atom. The smallest absolute Gasteiger partial charge is 0.381 e. The molecule has 100 valence electrons. The normalized spacial score (nSPS) is 10.3. The number of nitrogens with zero attached hydrogens (tertiary/aromatic N) is 1. The number of carbonyl (C=O) groups is 1. The maximum atomic E-state index is 10.3. The quantitative estimate of drug-likeness (QED) is 0.650. The molecule has 0 heterocycles. The first-order chi connectivity index (χ1) is 9.11. The topological polar surface area (TPSA) is 49.8 Å². The van der Waals surface area contributed by atoms with Crippen LogP contribution in [0.1, 0.15) is 12.5 Å². The zero-order valence-corrected chi connectivity index (χ0v) is 11.1. The van der Waals surface area contributed by atoms with Crippen molar-refractivity contribution >= 4 is 5.97 Å². The van der Waals surface area contributed by atoms with Crippen molar-refractivity contribution in [2.45, 2.75) is 13.5 Å². The highest BCUT2D eigenvalue weighted by Crippen LogP contribution is 2.14. The van der Waals surface area contributed by atoms with Gasteiger partial charge in [-0.05, 0) is 31.7 Å². The van der Waals surface area contributed by atoms with Gasteiger partial charge in [0.25, 0.3) is 0 Å². The summed E-state index contributed by atoms with van der Waals surface area (Å²) >= 11 is 0. The van der Waals surface area contributed by atoms with Crippen LogP contribution in [0.25, 0.3) is 0 Å². The second-order valence-corrected chi connectivity index (χ2v) is 4.01. The Morgan fingerprint density at radius 1 is 1.53 bits per heavy atom. The van der Waals surface area contributed by atoms with Crippen molar-refractivity contribution in [1.29, 1.82) is 0 Å². The summed E-state index contributed by atoms with van der Waals surface area (Å²) in [5.74, 6) is 4.36. The fraction of sp³-hybridized carbons (Fsp3) is 0.267. The van der Waals surface area contributed by atoms with Crippen molar-refractivity contribution < 1.29 is 14.6 Å². The minimum Gasteiger partial charge on any atom is -0.472 e. The molecule has 0 amide bonds. The minimum absolute atomic E-state index is 0.409. The lowest BCUT2D eigenvalue weighted by molar-refractivity contribution is -0.130. The van der Waals surface area contributed by atoms with Crippen molar-refractivity contribution in [2.24, 2.45) is 0 Å². The van der Waals surface area contributed by atoms with Gasteiger partial charge in [-0.25, -0.2) is 4.79 Å². The van der Waals surface area contributed by atoms with Crippen LogP contribution in [0.2, 0.25) is 0 Å². The third-order valence-corrected chi connectivity index (χ3v) is 2.24. The Bertz CT molecular complexity index is 512. The van der Waals surface area contributed by atoms with E-state index in [0.717, 1.165) is 11.3 Å². The van der Waals surface area contributed by atoms with Gasteiger partial charge in [0.2, 0.25) is 0 Å². The average molecular weight is 259 g/mol. The van der Waals surface area contributed by atoms with Crippen LogP contribution >= 0.6 is 0 Å². The zero-order valence-electron chi connectivity index (χ0n) is 11.1. The van der Waals surface area contributed by atoms with Gasteiger partial charge in [0.05, 0.1) is 12.8 Å². The molecule has 0 fully saturated rings. The van der Waals surface area contributed by atoms with E-state index in [0.29, 0.717) is 13.1 Å². The molecule has 1 aromatic carbocycles. The number of hydrogen-bond acceptors (Lipinski definition) is 3. The lowest BCUT2D eigenvalue weighted by Crippen LogP contribution is -2.18. The molecule has 0 spiro atoms. The average Bonchev–Trinajstić information content (AvgIpc) is 2.36. The van der Waals surface area contributed by atoms with E-state index in [9.17, 15) is 4.79 Å². The second-order valence-electron chi connectivity index (χ2n) is 4.01. The van der Waals surface area contributed by atoms with Gasteiger partial charge in [-0.2, -0.15) is 0 Å². The molecule has 1 rings (SSSR count). The highest BCUT2D eigenvalue weighted by molar-refractivity contribution is 5.86. The Labute approximate surface area is 113 Å². The summed E-state index contributed by atoms with van der Waals surface area (Å²) in [6.07, 6.45) is 3.45. The van der Waals surface area contributed by atoms with E-state index in [1.54, 1.807) is 6.26 Å². The molecule has 1 aromatic rings. The maximum Gasteiger partial charge on any atom is 0.381 e. The fourth-order valence-corrected chi connectivity index (χ4v) is 1.48. The number of ether oxygens (including phenoxy) is 1. The van der Waals surface area contributed by atoms with Crippen LogP contribution in [0.4, 0.5) is 0 Å². The van der Waals surface area contributed by atoms with Gasteiger partial charge < -0.3 is 9.84 Å². The van der Waals surface area contributed by atoms with Crippen molar-refractivity contribution in [3.05, 3.63) is 42.2 Å². The number of carboxylic acids is 1. The predicted molar refractivity (Wildman–Crippen MR) is 73.6 cm³/mol. The summed E-state index contributed by atoms with van der Waals surface area (Å²) in [5, 5.41) is 8.42.